The predicted octanol–water partition coefficient (Wildman–Crippen LogP) is 1.19. The van der Waals surface area contributed by atoms with E-state index >= 15 is 0 Å². The molecule has 0 radical (unpaired) electrons. The highest BCUT2D eigenvalue weighted by molar-refractivity contribution is 6.05. The van der Waals surface area contributed by atoms with Crippen LogP contribution in [0.25, 0.3) is 0 Å². The molecule has 1 aliphatic rings. The second kappa shape index (κ2) is 6.76. The first-order valence-electron chi connectivity index (χ1n) is 7.44. The minimum Gasteiger partial charge on any atom is -0.300 e. The van der Waals surface area contributed by atoms with Crippen LogP contribution in [0.1, 0.15) is 44.6 Å². The van der Waals surface area contributed by atoms with Gasteiger partial charge in [0, 0.05) is 18.8 Å². The maximum Gasteiger partial charge on any atom is 0.247 e. The molecule has 1 aromatic rings. The zero-order chi connectivity index (χ0) is 15.4. The van der Waals surface area contributed by atoms with Crippen LogP contribution < -0.4 is 5.32 Å². The fourth-order valence-electron chi connectivity index (χ4n) is 2.68. The lowest BCUT2D eigenvalue weighted by molar-refractivity contribution is -0.141. The Labute approximate surface area is 125 Å². The van der Waals surface area contributed by atoms with Gasteiger partial charge in [-0.25, -0.2) is 9.97 Å². The number of aromatic nitrogens is 2. The Bertz CT molecular complexity index is 528. The summed E-state index contributed by atoms with van der Waals surface area (Å²) in [7, 11) is 0. The third kappa shape index (κ3) is 3.44. The molecule has 0 saturated carbocycles. The van der Waals surface area contributed by atoms with E-state index in [4.69, 9.17) is 0 Å². The van der Waals surface area contributed by atoms with Gasteiger partial charge in [0.05, 0.1) is 18.2 Å². The molecule has 0 bridgehead atoms. The maximum atomic E-state index is 12.4. The summed E-state index contributed by atoms with van der Waals surface area (Å²) in [5.41, 5.74) is 0.823. The molecular formula is C15H22N4O2. The highest BCUT2D eigenvalue weighted by Gasteiger charge is 2.40. The van der Waals surface area contributed by atoms with E-state index in [1.165, 1.54) is 4.90 Å². The van der Waals surface area contributed by atoms with Gasteiger partial charge < -0.3 is 0 Å². The third-order valence-corrected chi connectivity index (χ3v) is 3.85. The van der Waals surface area contributed by atoms with Gasteiger partial charge in [0.15, 0.2) is 0 Å². The summed E-state index contributed by atoms with van der Waals surface area (Å²) in [5.74, 6) is 0.506. The Morgan fingerprint density at radius 2 is 2.10 bits per heavy atom. The zero-order valence-electron chi connectivity index (χ0n) is 12.8. The Hall–Kier alpha value is -1.82. The van der Waals surface area contributed by atoms with Crippen LogP contribution in [-0.4, -0.2) is 38.8 Å². The van der Waals surface area contributed by atoms with Crippen molar-refractivity contribution in [3.8, 4) is 0 Å². The molecule has 1 fully saturated rings. The van der Waals surface area contributed by atoms with Gasteiger partial charge in [-0.3, -0.25) is 19.8 Å². The predicted molar refractivity (Wildman–Crippen MR) is 78.2 cm³/mol. The second-order valence-electron chi connectivity index (χ2n) is 5.31. The van der Waals surface area contributed by atoms with Gasteiger partial charge in [-0.2, -0.15) is 0 Å². The molecule has 1 aromatic heterocycles. The number of rotatable bonds is 6. The van der Waals surface area contributed by atoms with E-state index in [0.717, 1.165) is 18.5 Å². The molecule has 0 aromatic carbocycles. The van der Waals surface area contributed by atoms with Crippen LogP contribution in [0.3, 0.4) is 0 Å². The average molecular weight is 290 g/mol. The molecule has 0 spiro atoms. The molecule has 0 aliphatic carbocycles. The van der Waals surface area contributed by atoms with Gasteiger partial charge in [-0.05, 0) is 25.8 Å². The Kier molecular flexibility index (Phi) is 5.01. The van der Waals surface area contributed by atoms with Crippen LogP contribution >= 0.6 is 0 Å². The highest BCUT2D eigenvalue weighted by atomic mass is 16.2. The number of hydrogen-bond acceptors (Lipinski definition) is 5. The lowest BCUT2D eigenvalue weighted by atomic mass is 10.1. The van der Waals surface area contributed by atoms with E-state index in [-0.39, 0.29) is 24.3 Å². The van der Waals surface area contributed by atoms with E-state index in [2.05, 4.69) is 15.3 Å². The second-order valence-corrected chi connectivity index (χ2v) is 5.31. The largest absolute Gasteiger partial charge is 0.300 e. The number of likely N-dealkylation sites (tertiary alicyclic amines) is 1. The molecule has 21 heavy (non-hydrogen) atoms. The number of imide groups is 1. The van der Waals surface area contributed by atoms with Crippen LogP contribution in [-0.2, 0) is 16.1 Å². The van der Waals surface area contributed by atoms with Crippen molar-refractivity contribution in [2.75, 3.05) is 0 Å². The molecule has 1 aliphatic heterocycles. The van der Waals surface area contributed by atoms with Crippen LogP contribution in [0, 0.1) is 6.92 Å². The third-order valence-electron chi connectivity index (χ3n) is 3.85. The smallest absolute Gasteiger partial charge is 0.247 e. The van der Waals surface area contributed by atoms with Crippen LogP contribution in [0.15, 0.2) is 12.3 Å². The molecule has 1 saturated heterocycles. The van der Waals surface area contributed by atoms with Gasteiger partial charge in [0.1, 0.15) is 5.82 Å². The lowest BCUT2D eigenvalue weighted by Crippen LogP contribution is -2.43. The number of aryl methyl sites for hydroxylation is 1. The lowest BCUT2D eigenvalue weighted by Gasteiger charge is -2.24. The summed E-state index contributed by atoms with van der Waals surface area (Å²) >= 11 is 0. The van der Waals surface area contributed by atoms with Gasteiger partial charge in [0.2, 0.25) is 11.8 Å². The quantitative estimate of drug-likeness (QED) is 0.797. The number of nitrogens with one attached hydrogen (secondary N) is 1. The zero-order valence-corrected chi connectivity index (χ0v) is 12.8. The highest BCUT2D eigenvalue weighted by Crippen LogP contribution is 2.20. The number of nitrogens with zero attached hydrogens (tertiary/aromatic N) is 3. The average Bonchev–Trinajstić information content (AvgIpc) is 2.74. The van der Waals surface area contributed by atoms with Crippen LogP contribution in [0.2, 0.25) is 0 Å². The van der Waals surface area contributed by atoms with E-state index in [0.29, 0.717) is 12.4 Å². The van der Waals surface area contributed by atoms with Crippen molar-refractivity contribution in [2.24, 2.45) is 0 Å². The SMILES string of the molecule is CCC(CC)N1C(=O)CC(NCc2ccnc(C)n2)C1=O. The summed E-state index contributed by atoms with van der Waals surface area (Å²) in [4.78, 5) is 34.2. The summed E-state index contributed by atoms with van der Waals surface area (Å²) in [6.07, 6.45) is 3.52. The van der Waals surface area contributed by atoms with Crippen LogP contribution in [0.5, 0.6) is 0 Å². The topological polar surface area (TPSA) is 75.2 Å². The number of carbonyl (C=O) groups is 2. The van der Waals surface area contributed by atoms with Crippen molar-refractivity contribution in [2.45, 2.75) is 58.7 Å². The standard InChI is InChI=1S/C15H22N4O2/c1-4-12(5-2)19-14(20)8-13(15(19)21)17-9-11-6-7-16-10(3)18-11/h6-7,12-13,17H,4-5,8-9H2,1-3H3. The molecular weight excluding hydrogens is 268 g/mol. The van der Waals surface area contributed by atoms with Crippen molar-refractivity contribution in [1.82, 2.24) is 20.2 Å². The molecule has 2 amide bonds. The minimum atomic E-state index is -0.437. The molecule has 1 unspecified atom stereocenters. The summed E-state index contributed by atoms with van der Waals surface area (Å²) in [5, 5.41) is 3.14. The number of hydrogen-bond donors (Lipinski definition) is 1. The first-order chi connectivity index (χ1) is 10.1. The van der Waals surface area contributed by atoms with Crippen molar-refractivity contribution in [1.29, 1.82) is 0 Å². The molecule has 114 valence electrons. The summed E-state index contributed by atoms with van der Waals surface area (Å²) in [6.45, 7) is 6.28. The number of carbonyl (C=O) groups excluding carboxylic acids is 2. The first-order valence-corrected chi connectivity index (χ1v) is 7.44. The van der Waals surface area contributed by atoms with Crippen molar-refractivity contribution in [3.05, 3.63) is 23.8 Å². The summed E-state index contributed by atoms with van der Waals surface area (Å²) in [6, 6.07) is 1.38. The minimum absolute atomic E-state index is 0.0121. The normalized spacial score (nSPS) is 18.9. The molecule has 1 N–H and O–H groups in total. The fourth-order valence-corrected chi connectivity index (χ4v) is 2.68. The Morgan fingerprint density at radius 1 is 1.38 bits per heavy atom. The van der Waals surface area contributed by atoms with E-state index in [9.17, 15) is 9.59 Å². The van der Waals surface area contributed by atoms with Gasteiger partial charge >= 0.3 is 0 Å². The van der Waals surface area contributed by atoms with Crippen molar-refractivity contribution >= 4 is 11.8 Å². The van der Waals surface area contributed by atoms with E-state index in [1.54, 1.807) is 12.3 Å². The molecule has 6 heteroatoms. The van der Waals surface area contributed by atoms with E-state index in [1.807, 2.05) is 20.8 Å². The fraction of sp³-hybridized carbons (Fsp3) is 0.600. The van der Waals surface area contributed by atoms with Crippen molar-refractivity contribution < 1.29 is 9.59 Å². The van der Waals surface area contributed by atoms with Crippen LogP contribution in [0.4, 0.5) is 0 Å². The van der Waals surface area contributed by atoms with E-state index < -0.39 is 6.04 Å². The van der Waals surface area contributed by atoms with Gasteiger partial charge in [0.25, 0.3) is 0 Å². The van der Waals surface area contributed by atoms with Gasteiger partial charge in [-0.1, -0.05) is 13.8 Å². The summed E-state index contributed by atoms with van der Waals surface area (Å²) < 4.78 is 0. The monoisotopic (exact) mass is 290 g/mol. The van der Waals surface area contributed by atoms with Crippen molar-refractivity contribution in [3.63, 3.8) is 0 Å². The Morgan fingerprint density at radius 3 is 2.71 bits per heavy atom. The molecule has 2 heterocycles. The number of amides is 2. The molecule has 1 atom stereocenters. The van der Waals surface area contributed by atoms with Gasteiger partial charge in [-0.15, -0.1) is 0 Å². The Balaban J connectivity index is 1.99. The molecule has 6 nitrogen and oxygen atoms in total. The molecule has 2 rings (SSSR count). The first kappa shape index (κ1) is 15.6. The maximum absolute atomic E-state index is 12.4.